The van der Waals surface area contributed by atoms with Crippen molar-refractivity contribution in [1.29, 1.82) is 0 Å². The second-order valence-electron chi connectivity index (χ2n) is 9.28. The van der Waals surface area contributed by atoms with Crippen LogP contribution >= 0.6 is 0 Å². The highest BCUT2D eigenvalue weighted by Crippen LogP contribution is 2.38. The fourth-order valence-electron chi connectivity index (χ4n) is 4.46. The van der Waals surface area contributed by atoms with E-state index in [2.05, 4.69) is 34.1 Å². The largest absolute Gasteiger partial charge is 0.346 e. The lowest BCUT2D eigenvalue weighted by Gasteiger charge is -2.28. The number of aromatic nitrogens is 4. The molecule has 32 heavy (non-hydrogen) atoms. The molecule has 0 bridgehead atoms. The van der Waals surface area contributed by atoms with Crippen molar-refractivity contribution in [2.75, 3.05) is 23.8 Å². The van der Waals surface area contributed by atoms with Crippen molar-refractivity contribution in [2.45, 2.75) is 70.5 Å². The lowest BCUT2D eigenvalue weighted by Crippen LogP contribution is -2.38. The average Bonchev–Trinajstić information content (AvgIpc) is 3.34. The van der Waals surface area contributed by atoms with E-state index in [4.69, 9.17) is 0 Å². The smallest absolute Gasteiger partial charge is 0.325 e. The Morgan fingerprint density at radius 3 is 2.59 bits per heavy atom. The molecule has 1 aliphatic carbocycles. The minimum atomic E-state index is -2.54. The van der Waals surface area contributed by atoms with Gasteiger partial charge in [0, 0.05) is 44.9 Å². The molecular formula is C22H31F2N7O. The fourth-order valence-corrected chi connectivity index (χ4v) is 4.46. The number of urea groups is 1. The van der Waals surface area contributed by atoms with E-state index in [1.165, 1.54) is 0 Å². The highest BCUT2D eigenvalue weighted by atomic mass is 19.3. The number of hydrogen-bond acceptors (Lipinski definition) is 5. The quantitative estimate of drug-likeness (QED) is 0.706. The molecule has 1 unspecified atom stereocenters. The fraction of sp³-hybridized carbons (Fsp3) is 0.636. The summed E-state index contributed by atoms with van der Waals surface area (Å²) >= 11 is 0. The number of hydrogen-bond donors (Lipinski definition) is 1. The van der Waals surface area contributed by atoms with E-state index in [1.54, 1.807) is 35.4 Å². The summed E-state index contributed by atoms with van der Waals surface area (Å²) in [5, 5.41) is 3.25. The molecule has 2 fully saturated rings. The van der Waals surface area contributed by atoms with E-state index in [0.717, 1.165) is 5.69 Å². The van der Waals surface area contributed by atoms with Crippen molar-refractivity contribution in [3.05, 3.63) is 30.5 Å². The van der Waals surface area contributed by atoms with Crippen LogP contribution in [-0.2, 0) is 0 Å². The van der Waals surface area contributed by atoms with Crippen molar-refractivity contribution >= 4 is 17.8 Å². The molecule has 2 amide bonds. The van der Waals surface area contributed by atoms with Crippen LogP contribution in [-0.4, -0.2) is 56.0 Å². The van der Waals surface area contributed by atoms with E-state index in [-0.39, 0.29) is 42.9 Å². The molecule has 0 radical (unpaired) electrons. The molecule has 1 saturated heterocycles. The van der Waals surface area contributed by atoms with Gasteiger partial charge in [0.05, 0.1) is 24.1 Å². The first-order valence-electron chi connectivity index (χ1n) is 11.2. The van der Waals surface area contributed by atoms with Crippen molar-refractivity contribution in [3.63, 3.8) is 0 Å². The Morgan fingerprint density at radius 2 is 1.91 bits per heavy atom. The third-order valence-corrected chi connectivity index (χ3v) is 6.50. The van der Waals surface area contributed by atoms with Crippen LogP contribution in [0.15, 0.2) is 24.8 Å². The minimum absolute atomic E-state index is 0.0474. The van der Waals surface area contributed by atoms with Gasteiger partial charge >= 0.3 is 6.03 Å². The van der Waals surface area contributed by atoms with Gasteiger partial charge in [-0.3, -0.25) is 4.90 Å². The Bertz CT molecular complexity index is 953. The number of nitrogens with zero attached hydrogens (tertiary/aromatic N) is 6. The van der Waals surface area contributed by atoms with E-state index in [1.807, 2.05) is 17.7 Å². The molecule has 1 aliphatic heterocycles. The van der Waals surface area contributed by atoms with Crippen LogP contribution in [0.5, 0.6) is 0 Å². The number of rotatable bonds is 6. The minimum Gasteiger partial charge on any atom is -0.346 e. The number of amides is 2. The van der Waals surface area contributed by atoms with Gasteiger partial charge in [0.15, 0.2) is 0 Å². The van der Waals surface area contributed by atoms with Gasteiger partial charge in [-0.25, -0.2) is 23.5 Å². The third kappa shape index (κ3) is 4.54. The van der Waals surface area contributed by atoms with Crippen LogP contribution < -0.4 is 10.2 Å². The summed E-state index contributed by atoms with van der Waals surface area (Å²) in [5.41, 5.74) is 0.786. The normalized spacial score (nSPS) is 22.6. The number of halogens is 2. The highest BCUT2D eigenvalue weighted by molar-refractivity contribution is 5.94. The zero-order chi connectivity index (χ0) is 23.0. The van der Waals surface area contributed by atoms with Crippen LogP contribution in [0.2, 0.25) is 0 Å². The molecule has 0 aromatic carbocycles. The lowest BCUT2D eigenvalue weighted by molar-refractivity contribution is -0.0439. The van der Waals surface area contributed by atoms with Crippen molar-refractivity contribution in [2.24, 2.45) is 5.92 Å². The molecule has 2 atom stereocenters. The van der Waals surface area contributed by atoms with Crippen molar-refractivity contribution < 1.29 is 13.6 Å². The standard InChI is InChI=1S/C22H31F2N7O/c1-14(2)18-12-29(4)21(32)31(18)19-7-10-25-20(28-19)27-15(3)17-11-30(13-26-17)16-5-8-22(23,24)9-6-16/h7,10-11,13-16,18H,5-6,8-9,12H2,1-4H3,(H,25,27,28)/t15?,18-/m1/s1. The molecule has 1 N–H and O–H groups in total. The number of nitrogens with one attached hydrogen (secondary N) is 1. The number of likely N-dealkylation sites (N-methyl/N-ethyl adjacent to an activating group) is 1. The molecule has 0 spiro atoms. The zero-order valence-electron chi connectivity index (χ0n) is 19.0. The third-order valence-electron chi connectivity index (χ3n) is 6.50. The molecule has 1 saturated carbocycles. The SMILES string of the molecule is CC(Nc1nccc(N2C(=O)N(C)C[C@@H]2C(C)C)n1)c1cn(C2CCC(F)(F)CC2)cn1. The van der Waals surface area contributed by atoms with E-state index in [0.29, 0.717) is 31.2 Å². The monoisotopic (exact) mass is 447 g/mol. The van der Waals surface area contributed by atoms with Gasteiger partial charge in [-0.15, -0.1) is 0 Å². The summed E-state index contributed by atoms with van der Waals surface area (Å²) in [4.78, 5) is 29.5. The van der Waals surface area contributed by atoms with Crippen molar-refractivity contribution in [3.8, 4) is 0 Å². The van der Waals surface area contributed by atoms with Gasteiger partial charge in [-0.1, -0.05) is 13.8 Å². The summed E-state index contributed by atoms with van der Waals surface area (Å²) in [7, 11) is 1.80. The molecule has 2 aromatic rings. The van der Waals surface area contributed by atoms with Crippen LogP contribution in [0.1, 0.15) is 64.2 Å². The van der Waals surface area contributed by atoms with Gasteiger partial charge in [0.2, 0.25) is 11.9 Å². The topological polar surface area (TPSA) is 79.2 Å². The van der Waals surface area contributed by atoms with Crippen LogP contribution in [0.4, 0.5) is 25.3 Å². The Hall–Kier alpha value is -2.78. The summed E-state index contributed by atoms with van der Waals surface area (Å²) in [6.07, 6.45) is 5.99. The Morgan fingerprint density at radius 1 is 1.19 bits per heavy atom. The maximum Gasteiger partial charge on any atom is 0.325 e. The molecule has 174 valence electrons. The predicted octanol–water partition coefficient (Wildman–Crippen LogP) is 4.49. The first kappa shape index (κ1) is 22.4. The summed E-state index contributed by atoms with van der Waals surface area (Å²) in [6.45, 7) is 6.79. The Labute approximate surface area is 187 Å². The second kappa shape index (κ2) is 8.63. The molecule has 8 nitrogen and oxygen atoms in total. The first-order chi connectivity index (χ1) is 15.1. The maximum absolute atomic E-state index is 13.5. The van der Waals surface area contributed by atoms with Gasteiger partial charge in [-0.05, 0) is 31.7 Å². The number of alkyl halides is 2. The van der Waals surface area contributed by atoms with Crippen molar-refractivity contribution in [1.82, 2.24) is 24.4 Å². The summed E-state index contributed by atoms with van der Waals surface area (Å²) in [5.74, 6) is -1.28. The Balaban J connectivity index is 1.45. The van der Waals surface area contributed by atoms with Gasteiger partial charge < -0.3 is 14.8 Å². The first-order valence-corrected chi connectivity index (χ1v) is 11.2. The number of carbonyl (C=O) groups excluding carboxylic acids is 1. The maximum atomic E-state index is 13.5. The molecular weight excluding hydrogens is 416 g/mol. The lowest BCUT2D eigenvalue weighted by atomic mass is 9.92. The van der Waals surface area contributed by atoms with E-state index in [9.17, 15) is 13.6 Å². The number of anilines is 2. The van der Waals surface area contributed by atoms with Crippen LogP contribution in [0.3, 0.4) is 0 Å². The molecule has 4 rings (SSSR count). The predicted molar refractivity (Wildman–Crippen MR) is 118 cm³/mol. The van der Waals surface area contributed by atoms with E-state index < -0.39 is 5.92 Å². The highest BCUT2D eigenvalue weighted by Gasteiger charge is 2.39. The van der Waals surface area contributed by atoms with Crippen LogP contribution in [0.25, 0.3) is 0 Å². The average molecular weight is 448 g/mol. The summed E-state index contributed by atoms with van der Waals surface area (Å²) in [6, 6.07) is 1.59. The molecule has 10 heteroatoms. The van der Waals surface area contributed by atoms with Crippen LogP contribution in [0, 0.1) is 5.92 Å². The van der Waals surface area contributed by atoms with Gasteiger partial charge in [0.25, 0.3) is 0 Å². The molecule has 3 heterocycles. The summed E-state index contributed by atoms with van der Waals surface area (Å²) < 4.78 is 28.8. The van der Waals surface area contributed by atoms with Gasteiger partial charge in [0.1, 0.15) is 5.82 Å². The number of imidazole rings is 1. The Kier molecular flexibility index (Phi) is 6.05. The van der Waals surface area contributed by atoms with Gasteiger partial charge in [-0.2, -0.15) is 4.98 Å². The molecule has 2 aromatic heterocycles. The number of carbonyl (C=O) groups is 1. The molecule has 2 aliphatic rings. The zero-order valence-corrected chi connectivity index (χ0v) is 19.0. The van der Waals surface area contributed by atoms with E-state index >= 15 is 0 Å². The second-order valence-corrected chi connectivity index (χ2v) is 9.28.